The Morgan fingerprint density at radius 1 is 1.10 bits per heavy atom. The highest BCUT2D eigenvalue weighted by molar-refractivity contribution is 6.33. The second kappa shape index (κ2) is 7.48. The average Bonchev–Trinajstić information content (AvgIpc) is 2.68. The van der Waals surface area contributed by atoms with Crippen LogP contribution >= 0.6 is 11.6 Å². The number of hydrogen-bond acceptors (Lipinski definition) is 3. The van der Waals surface area contributed by atoms with E-state index in [9.17, 15) is 14.0 Å². The van der Waals surface area contributed by atoms with Crippen LogP contribution in [-0.2, 0) is 4.79 Å². The smallest absolute Gasteiger partial charge is 0.219 e. The second-order valence-corrected chi connectivity index (χ2v) is 7.37. The fourth-order valence-electron chi connectivity index (χ4n) is 3.69. The van der Waals surface area contributed by atoms with Crippen LogP contribution in [0.5, 0.6) is 0 Å². The van der Waals surface area contributed by atoms with E-state index >= 15 is 4.39 Å². The van der Waals surface area contributed by atoms with Crippen LogP contribution in [0.15, 0.2) is 41.2 Å². The van der Waals surface area contributed by atoms with Gasteiger partial charge in [0.1, 0.15) is 5.69 Å². The van der Waals surface area contributed by atoms with Gasteiger partial charge in [-0.1, -0.05) is 29.8 Å². The molecular weight excluding hydrogens is 400 g/mol. The summed E-state index contributed by atoms with van der Waals surface area (Å²) in [6.45, 7) is 2.77. The zero-order valence-electron chi connectivity index (χ0n) is 15.6. The molecule has 5 nitrogen and oxygen atoms in total. The molecule has 1 amide bonds. The van der Waals surface area contributed by atoms with Crippen LogP contribution < -0.4 is 10.3 Å². The molecule has 8 heteroatoms. The minimum atomic E-state index is -0.900. The molecule has 2 aromatic carbocycles. The SMILES string of the molecule is CC(=O)N1CCN(c2c(F)cc3[nH]c(-c4ccccc4Cl)cc(=O)c3c2F)CC1. The first-order valence-electron chi connectivity index (χ1n) is 9.17. The number of rotatable bonds is 2. The highest BCUT2D eigenvalue weighted by atomic mass is 35.5. The summed E-state index contributed by atoms with van der Waals surface area (Å²) >= 11 is 6.18. The predicted molar refractivity (Wildman–Crippen MR) is 109 cm³/mol. The summed E-state index contributed by atoms with van der Waals surface area (Å²) in [6, 6.07) is 9.30. The van der Waals surface area contributed by atoms with E-state index in [-0.39, 0.29) is 35.6 Å². The molecule has 150 valence electrons. The number of carbonyl (C=O) groups excluding carboxylic acids is 1. The molecule has 1 N–H and O–H groups in total. The first-order valence-corrected chi connectivity index (χ1v) is 9.55. The van der Waals surface area contributed by atoms with Crippen LogP contribution in [0, 0.1) is 11.6 Å². The van der Waals surface area contributed by atoms with E-state index in [0.717, 1.165) is 6.07 Å². The van der Waals surface area contributed by atoms with Gasteiger partial charge >= 0.3 is 0 Å². The van der Waals surface area contributed by atoms with Crippen molar-refractivity contribution in [2.45, 2.75) is 6.92 Å². The molecule has 4 rings (SSSR count). The first kappa shape index (κ1) is 19.4. The van der Waals surface area contributed by atoms with E-state index < -0.39 is 17.1 Å². The minimum absolute atomic E-state index is 0.0635. The number of nitrogens with zero attached hydrogens (tertiary/aromatic N) is 2. The highest BCUT2D eigenvalue weighted by Gasteiger charge is 2.26. The third-order valence-electron chi connectivity index (χ3n) is 5.19. The average molecular weight is 418 g/mol. The van der Waals surface area contributed by atoms with Crippen LogP contribution in [0.3, 0.4) is 0 Å². The van der Waals surface area contributed by atoms with Gasteiger partial charge in [-0.15, -0.1) is 0 Å². The largest absolute Gasteiger partial charge is 0.363 e. The normalized spacial score (nSPS) is 14.5. The Labute approximate surface area is 170 Å². The standard InChI is InChI=1S/C21H18ClF2N3O2/c1-12(28)26-6-8-27(9-7-26)21-15(23)10-17-19(20(21)24)18(29)11-16(25-17)13-4-2-3-5-14(13)22/h2-5,10-11H,6-9H2,1H3,(H,25,29). The number of aromatic nitrogens is 1. The van der Waals surface area contributed by atoms with Gasteiger partial charge in [-0.05, 0) is 6.07 Å². The molecule has 1 aliphatic rings. The molecule has 0 atom stereocenters. The van der Waals surface area contributed by atoms with Gasteiger partial charge in [0, 0.05) is 55.8 Å². The monoisotopic (exact) mass is 417 g/mol. The third kappa shape index (κ3) is 3.46. The van der Waals surface area contributed by atoms with Crippen molar-refractivity contribution in [2.24, 2.45) is 0 Å². The van der Waals surface area contributed by atoms with Crippen molar-refractivity contribution in [3.63, 3.8) is 0 Å². The van der Waals surface area contributed by atoms with Crippen molar-refractivity contribution in [2.75, 3.05) is 31.1 Å². The van der Waals surface area contributed by atoms with Crippen molar-refractivity contribution < 1.29 is 13.6 Å². The number of H-pyrrole nitrogens is 1. The molecule has 0 saturated carbocycles. The Morgan fingerprint density at radius 2 is 1.79 bits per heavy atom. The van der Waals surface area contributed by atoms with Gasteiger partial charge in [-0.25, -0.2) is 8.78 Å². The van der Waals surface area contributed by atoms with Crippen molar-refractivity contribution in [3.8, 4) is 11.3 Å². The van der Waals surface area contributed by atoms with E-state index in [1.807, 2.05) is 0 Å². The van der Waals surface area contributed by atoms with Crippen molar-refractivity contribution >= 4 is 34.1 Å². The predicted octanol–water partition coefficient (Wildman–Crippen LogP) is 3.80. The number of nitrogens with one attached hydrogen (secondary N) is 1. The van der Waals surface area contributed by atoms with Gasteiger partial charge in [0.2, 0.25) is 5.91 Å². The van der Waals surface area contributed by atoms with Gasteiger partial charge in [0.05, 0.1) is 16.6 Å². The van der Waals surface area contributed by atoms with Crippen LogP contribution in [0.4, 0.5) is 14.5 Å². The molecule has 1 aliphatic heterocycles. The molecular formula is C21H18ClF2N3O2. The maximum Gasteiger partial charge on any atom is 0.219 e. The molecule has 3 aromatic rings. The summed E-state index contributed by atoms with van der Waals surface area (Å²) in [4.78, 5) is 30.2. The number of halogens is 3. The van der Waals surface area contributed by atoms with Crippen LogP contribution in [0.25, 0.3) is 22.2 Å². The molecule has 2 heterocycles. The Balaban J connectivity index is 1.79. The summed E-state index contributed by atoms with van der Waals surface area (Å²) < 4.78 is 30.1. The highest BCUT2D eigenvalue weighted by Crippen LogP contribution is 2.31. The van der Waals surface area contributed by atoms with Crippen LogP contribution in [-0.4, -0.2) is 42.0 Å². The van der Waals surface area contributed by atoms with Gasteiger partial charge < -0.3 is 14.8 Å². The number of amides is 1. The quantitative estimate of drug-likeness (QED) is 0.690. The number of pyridine rings is 1. The molecule has 0 spiro atoms. The number of piperazine rings is 1. The van der Waals surface area contributed by atoms with E-state index in [4.69, 9.17) is 11.6 Å². The third-order valence-corrected chi connectivity index (χ3v) is 5.52. The molecule has 1 aromatic heterocycles. The number of benzene rings is 2. The second-order valence-electron chi connectivity index (χ2n) is 6.96. The van der Waals surface area contributed by atoms with Gasteiger partial charge in [-0.3, -0.25) is 9.59 Å². The lowest BCUT2D eigenvalue weighted by atomic mass is 10.1. The summed E-state index contributed by atoms with van der Waals surface area (Å²) in [5.74, 6) is -1.74. The maximum absolute atomic E-state index is 15.2. The van der Waals surface area contributed by atoms with E-state index in [0.29, 0.717) is 29.4 Å². The molecule has 0 radical (unpaired) electrons. The van der Waals surface area contributed by atoms with E-state index in [1.165, 1.54) is 17.9 Å². The molecule has 0 bridgehead atoms. The Kier molecular flexibility index (Phi) is 5.00. The minimum Gasteiger partial charge on any atom is -0.363 e. The summed E-state index contributed by atoms with van der Waals surface area (Å²) in [5.41, 5.74) is 0.216. The number of carbonyl (C=O) groups is 1. The molecule has 1 fully saturated rings. The molecule has 29 heavy (non-hydrogen) atoms. The Morgan fingerprint density at radius 3 is 2.45 bits per heavy atom. The summed E-state index contributed by atoms with van der Waals surface area (Å²) in [6.07, 6.45) is 0. The molecule has 0 aliphatic carbocycles. The lowest BCUT2D eigenvalue weighted by Crippen LogP contribution is -2.48. The number of anilines is 1. The van der Waals surface area contributed by atoms with Gasteiger partial charge in [0.25, 0.3) is 0 Å². The lowest BCUT2D eigenvalue weighted by molar-refractivity contribution is -0.129. The lowest BCUT2D eigenvalue weighted by Gasteiger charge is -2.36. The zero-order valence-corrected chi connectivity index (χ0v) is 16.4. The van der Waals surface area contributed by atoms with E-state index in [1.54, 1.807) is 29.2 Å². The van der Waals surface area contributed by atoms with Crippen LogP contribution in [0.1, 0.15) is 6.92 Å². The van der Waals surface area contributed by atoms with Crippen molar-refractivity contribution in [1.82, 2.24) is 9.88 Å². The molecule has 1 saturated heterocycles. The number of aromatic amines is 1. The fourth-order valence-corrected chi connectivity index (χ4v) is 3.93. The zero-order chi connectivity index (χ0) is 20.7. The number of hydrogen-bond donors (Lipinski definition) is 1. The Hall–Kier alpha value is -2.93. The van der Waals surface area contributed by atoms with Crippen LogP contribution in [0.2, 0.25) is 5.02 Å². The summed E-state index contributed by atoms with van der Waals surface area (Å²) in [7, 11) is 0. The first-order chi connectivity index (χ1) is 13.9. The summed E-state index contributed by atoms with van der Waals surface area (Å²) in [5, 5.41) is 0.217. The molecule has 0 unspecified atom stereocenters. The maximum atomic E-state index is 15.2. The van der Waals surface area contributed by atoms with E-state index in [2.05, 4.69) is 4.98 Å². The Bertz CT molecular complexity index is 1170. The van der Waals surface area contributed by atoms with Crippen molar-refractivity contribution in [1.29, 1.82) is 0 Å². The topological polar surface area (TPSA) is 56.4 Å². The fraction of sp³-hybridized carbons (Fsp3) is 0.238. The van der Waals surface area contributed by atoms with Gasteiger partial charge in [-0.2, -0.15) is 0 Å². The number of fused-ring (bicyclic) bond motifs is 1. The van der Waals surface area contributed by atoms with Crippen molar-refractivity contribution in [3.05, 3.63) is 63.3 Å². The van der Waals surface area contributed by atoms with Gasteiger partial charge in [0.15, 0.2) is 17.1 Å².